The molecule has 0 atom stereocenters. The number of phenols is 3. The minimum atomic E-state index is -0.0530. The maximum atomic E-state index is 10.9. The van der Waals surface area contributed by atoms with Crippen LogP contribution in [0.2, 0.25) is 0 Å². The first-order valence-corrected chi connectivity index (χ1v) is 11.1. The number of hydrogen-bond donors (Lipinski definition) is 3. The van der Waals surface area contributed by atoms with Gasteiger partial charge < -0.3 is 29.5 Å². The Labute approximate surface area is 208 Å². The van der Waals surface area contributed by atoms with E-state index < -0.39 is 0 Å². The number of phenolic OH excluding ortho intramolecular Hbond substituents is 3. The van der Waals surface area contributed by atoms with Gasteiger partial charge in [-0.1, -0.05) is 0 Å². The molecule has 0 amide bonds. The maximum Gasteiger partial charge on any atom is 0.167 e. The lowest BCUT2D eigenvalue weighted by atomic mass is 10.1. The first kappa shape index (κ1) is 24.6. The fourth-order valence-corrected chi connectivity index (χ4v) is 3.99. The molecule has 1 heterocycles. The van der Waals surface area contributed by atoms with Crippen molar-refractivity contribution in [1.82, 2.24) is 15.0 Å². The minimum absolute atomic E-state index is 0.0530. The smallest absolute Gasteiger partial charge is 0.167 e. The van der Waals surface area contributed by atoms with E-state index in [1.807, 2.05) is 0 Å². The zero-order chi connectivity index (χ0) is 26.1. The zero-order valence-corrected chi connectivity index (χ0v) is 20.9. The van der Waals surface area contributed by atoms with E-state index in [0.717, 1.165) is 0 Å². The van der Waals surface area contributed by atoms with Gasteiger partial charge in [-0.05, 0) is 57.2 Å². The van der Waals surface area contributed by atoms with Crippen LogP contribution in [0.1, 0.15) is 16.7 Å². The molecule has 0 aliphatic heterocycles. The van der Waals surface area contributed by atoms with Crippen molar-refractivity contribution >= 4 is 0 Å². The molecule has 0 fully saturated rings. The Balaban J connectivity index is 2.02. The van der Waals surface area contributed by atoms with Crippen LogP contribution in [0, 0.1) is 20.8 Å². The molecule has 3 N–H and O–H groups in total. The Morgan fingerprint density at radius 2 is 0.722 bits per heavy atom. The first-order valence-electron chi connectivity index (χ1n) is 11.1. The molecule has 0 saturated carbocycles. The van der Waals surface area contributed by atoms with E-state index in [1.165, 1.54) is 21.3 Å². The van der Waals surface area contributed by atoms with Crippen LogP contribution in [0.4, 0.5) is 0 Å². The van der Waals surface area contributed by atoms with Crippen molar-refractivity contribution in [3.8, 4) is 68.7 Å². The van der Waals surface area contributed by atoms with Crippen LogP contribution in [0.3, 0.4) is 0 Å². The van der Waals surface area contributed by atoms with Gasteiger partial charge in [0.2, 0.25) is 0 Å². The maximum absolute atomic E-state index is 10.9. The Morgan fingerprint density at radius 3 is 0.944 bits per heavy atom. The number of ether oxygens (including phenoxy) is 3. The molecule has 1 aromatic heterocycles. The van der Waals surface area contributed by atoms with Gasteiger partial charge in [-0.2, -0.15) is 0 Å². The van der Waals surface area contributed by atoms with Crippen LogP contribution >= 0.6 is 0 Å². The van der Waals surface area contributed by atoms with Crippen LogP contribution < -0.4 is 14.2 Å². The Hall–Kier alpha value is -4.53. The molecular weight excluding hydrogens is 462 g/mol. The number of methoxy groups -OCH3 is 3. The number of benzene rings is 3. The summed E-state index contributed by atoms with van der Waals surface area (Å²) in [5, 5.41) is 32.7. The average molecular weight is 490 g/mol. The molecule has 9 nitrogen and oxygen atoms in total. The summed E-state index contributed by atoms with van der Waals surface area (Å²) >= 11 is 0. The molecule has 0 spiro atoms. The van der Waals surface area contributed by atoms with Crippen molar-refractivity contribution < 1.29 is 29.5 Å². The fraction of sp³-hybridized carbons (Fsp3) is 0.222. The normalized spacial score (nSPS) is 10.8. The van der Waals surface area contributed by atoms with Crippen LogP contribution in [-0.2, 0) is 0 Å². The molecule has 4 rings (SSSR count). The largest absolute Gasteiger partial charge is 0.507 e. The lowest BCUT2D eigenvalue weighted by Gasteiger charge is -2.15. The second kappa shape index (κ2) is 9.61. The molecule has 0 unspecified atom stereocenters. The Morgan fingerprint density at radius 1 is 0.472 bits per heavy atom. The number of nitrogens with zero attached hydrogens (tertiary/aromatic N) is 3. The van der Waals surface area contributed by atoms with Gasteiger partial charge in [-0.15, -0.1) is 0 Å². The summed E-state index contributed by atoms with van der Waals surface area (Å²) in [5.74, 6) is 1.83. The zero-order valence-electron chi connectivity index (χ0n) is 20.9. The van der Waals surface area contributed by atoms with Crippen LogP contribution in [0.5, 0.6) is 34.5 Å². The molecule has 4 aromatic rings. The molecular formula is C27H27N3O6. The SMILES string of the molecule is COc1ccc(-c2nc(-c3ccc(OC)c(C)c3O)nc(-c3ccc(OC)c(C)c3O)n2)c(O)c1C. The monoisotopic (exact) mass is 489 g/mol. The summed E-state index contributed by atoms with van der Waals surface area (Å²) < 4.78 is 15.9. The molecule has 0 aliphatic rings. The molecule has 186 valence electrons. The van der Waals surface area contributed by atoms with E-state index in [9.17, 15) is 15.3 Å². The molecule has 3 aromatic carbocycles. The van der Waals surface area contributed by atoms with Crippen molar-refractivity contribution in [3.05, 3.63) is 53.1 Å². The van der Waals surface area contributed by atoms with Crippen LogP contribution in [0.15, 0.2) is 36.4 Å². The second-order valence-electron chi connectivity index (χ2n) is 8.17. The van der Waals surface area contributed by atoms with Gasteiger partial charge in [0.15, 0.2) is 17.5 Å². The summed E-state index contributed by atoms with van der Waals surface area (Å²) in [7, 11) is 4.55. The quantitative estimate of drug-likeness (QED) is 0.345. The van der Waals surface area contributed by atoms with Gasteiger partial charge >= 0.3 is 0 Å². The highest BCUT2D eigenvalue weighted by molar-refractivity contribution is 5.77. The van der Waals surface area contributed by atoms with Crippen molar-refractivity contribution in [2.24, 2.45) is 0 Å². The van der Waals surface area contributed by atoms with Crippen molar-refractivity contribution in [2.75, 3.05) is 21.3 Å². The summed E-state index contributed by atoms with van der Waals surface area (Å²) in [6.45, 7) is 5.16. The highest BCUT2D eigenvalue weighted by atomic mass is 16.5. The van der Waals surface area contributed by atoms with E-state index in [4.69, 9.17) is 14.2 Å². The van der Waals surface area contributed by atoms with Crippen LogP contribution in [-0.4, -0.2) is 51.6 Å². The van der Waals surface area contributed by atoms with E-state index in [0.29, 0.717) is 50.6 Å². The molecule has 0 aliphatic carbocycles. The predicted molar refractivity (Wildman–Crippen MR) is 135 cm³/mol. The summed E-state index contributed by atoms with van der Waals surface area (Å²) in [4.78, 5) is 13.7. The summed E-state index contributed by atoms with van der Waals surface area (Å²) in [5.41, 5.74) is 2.58. The summed E-state index contributed by atoms with van der Waals surface area (Å²) in [6.07, 6.45) is 0. The van der Waals surface area contributed by atoms with E-state index in [1.54, 1.807) is 57.2 Å². The number of hydrogen-bond acceptors (Lipinski definition) is 9. The Kier molecular flexibility index (Phi) is 6.57. The molecule has 9 heteroatoms. The highest BCUT2D eigenvalue weighted by Crippen LogP contribution is 2.41. The van der Waals surface area contributed by atoms with Gasteiger partial charge in [-0.25, -0.2) is 15.0 Å². The van der Waals surface area contributed by atoms with Gasteiger partial charge in [0.05, 0.1) is 38.0 Å². The second-order valence-corrected chi connectivity index (χ2v) is 8.17. The molecule has 0 saturated heterocycles. The highest BCUT2D eigenvalue weighted by Gasteiger charge is 2.22. The molecule has 0 radical (unpaired) electrons. The third-order valence-electron chi connectivity index (χ3n) is 6.16. The Bertz CT molecular complexity index is 1280. The van der Waals surface area contributed by atoms with E-state index >= 15 is 0 Å². The van der Waals surface area contributed by atoms with E-state index in [2.05, 4.69) is 15.0 Å². The lowest BCUT2D eigenvalue weighted by Crippen LogP contribution is -2.02. The van der Waals surface area contributed by atoms with E-state index in [-0.39, 0.29) is 34.7 Å². The van der Waals surface area contributed by atoms with Gasteiger partial charge in [-0.3, -0.25) is 0 Å². The first-order chi connectivity index (χ1) is 17.2. The fourth-order valence-electron chi connectivity index (χ4n) is 3.99. The minimum Gasteiger partial charge on any atom is -0.507 e. The standard InChI is InChI=1S/C27H27N3O6/c1-13-19(34-4)10-7-16(22(13)31)25-28-26(17-8-11-20(35-5)14(2)23(17)32)30-27(29-25)18-9-12-21(36-6)15(3)24(18)33/h7-12,31-33H,1-6H3. The van der Waals surface area contributed by atoms with Gasteiger partial charge in [0.1, 0.15) is 34.5 Å². The summed E-state index contributed by atoms with van der Waals surface area (Å²) in [6, 6.07) is 10.0. The number of aromatic nitrogens is 3. The van der Waals surface area contributed by atoms with Crippen LogP contribution in [0.25, 0.3) is 34.2 Å². The van der Waals surface area contributed by atoms with Crippen molar-refractivity contribution in [3.63, 3.8) is 0 Å². The van der Waals surface area contributed by atoms with Crippen molar-refractivity contribution in [2.45, 2.75) is 20.8 Å². The predicted octanol–water partition coefficient (Wildman–Crippen LogP) is 4.94. The third kappa shape index (κ3) is 4.08. The average Bonchev–Trinajstić information content (AvgIpc) is 2.88. The topological polar surface area (TPSA) is 127 Å². The van der Waals surface area contributed by atoms with Crippen molar-refractivity contribution in [1.29, 1.82) is 0 Å². The molecule has 36 heavy (non-hydrogen) atoms. The number of rotatable bonds is 6. The molecule has 0 bridgehead atoms. The third-order valence-corrected chi connectivity index (χ3v) is 6.16. The van der Waals surface area contributed by atoms with Gasteiger partial charge in [0, 0.05) is 16.7 Å². The number of aromatic hydroxyl groups is 3. The van der Waals surface area contributed by atoms with Gasteiger partial charge in [0.25, 0.3) is 0 Å². The lowest BCUT2D eigenvalue weighted by molar-refractivity contribution is 0.403.